The number of hydrogen-bond donors (Lipinski definition) is 3. The Balaban J connectivity index is 2.27. The van der Waals surface area contributed by atoms with Gasteiger partial charge in [-0.25, -0.2) is 0 Å². The molecule has 24 heavy (non-hydrogen) atoms. The van der Waals surface area contributed by atoms with Gasteiger partial charge in [0.15, 0.2) is 0 Å². The SMILES string of the molecule is CCN(CC)CCCNCCC(=O)Nc1ccc(N)c([N+](=O)[O-])c1. The van der Waals surface area contributed by atoms with Crippen LogP contribution >= 0.6 is 0 Å². The zero-order chi connectivity index (χ0) is 17.9. The Morgan fingerprint density at radius 3 is 2.62 bits per heavy atom. The van der Waals surface area contributed by atoms with Gasteiger partial charge in [-0.1, -0.05) is 13.8 Å². The van der Waals surface area contributed by atoms with Crippen molar-refractivity contribution in [1.29, 1.82) is 0 Å². The first kappa shape index (κ1) is 19.9. The maximum atomic E-state index is 11.9. The molecule has 0 spiro atoms. The van der Waals surface area contributed by atoms with Crippen molar-refractivity contribution in [2.24, 2.45) is 0 Å². The topological polar surface area (TPSA) is 114 Å². The summed E-state index contributed by atoms with van der Waals surface area (Å²) in [5, 5.41) is 16.7. The Labute approximate surface area is 142 Å². The summed E-state index contributed by atoms with van der Waals surface area (Å²) in [7, 11) is 0. The molecule has 0 bridgehead atoms. The largest absolute Gasteiger partial charge is 0.393 e. The smallest absolute Gasteiger partial charge is 0.294 e. The van der Waals surface area contributed by atoms with Crippen molar-refractivity contribution in [3.63, 3.8) is 0 Å². The van der Waals surface area contributed by atoms with E-state index in [1.807, 2.05) is 0 Å². The molecule has 0 saturated heterocycles. The number of nitrogens with zero attached hydrogens (tertiary/aromatic N) is 2. The summed E-state index contributed by atoms with van der Waals surface area (Å²) in [5.41, 5.74) is 5.77. The van der Waals surface area contributed by atoms with Gasteiger partial charge in [-0.15, -0.1) is 0 Å². The van der Waals surface area contributed by atoms with Gasteiger partial charge in [0.05, 0.1) is 4.92 Å². The molecule has 1 amide bonds. The van der Waals surface area contributed by atoms with Crippen LogP contribution in [-0.2, 0) is 4.79 Å². The molecule has 0 atom stereocenters. The maximum absolute atomic E-state index is 11.9. The Morgan fingerprint density at radius 1 is 1.29 bits per heavy atom. The molecule has 0 aliphatic rings. The van der Waals surface area contributed by atoms with E-state index in [1.165, 1.54) is 12.1 Å². The van der Waals surface area contributed by atoms with E-state index in [9.17, 15) is 14.9 Å². The van der Waals surface area contributed by atoms with Crippen molar-refractivity contribution in [3.05, 3.63) is 28.3 Å². The number of rotatable bonds is 11. The molecule has 1 aromatic rings. The summed E-state index contributed by atoms with van der Waals surface area (Å²) in [4.78, 5) is 24.5. The van der Waals surface area contributed by atoms with Crippen LogP contribution < -0.4 is 16.4 Å². The Kier molecular flexibility index (Phi) is 8.74. The third-order valence-electron chi connectivity index (χ3n) is 3.76. The summed E-state index contributed by atoms with van der Waals surface area (Å²) in [5.74, 6) is -0.190. The monoisotopic (exact) mass is 337 g/mol. The molecule has 0 saturated carbocycles. The molecule has 0 aromatic heterocycles. The second kappa shape index (κ2) is 10.6. The Bertz CT molecular complexity index is 547. The number of anilines is 2. The lowest BCUT2D eigenvalue weighted by atomic mass is 10.2. The van der Waals surface area contributed by atoms with E-state index in [1.54, 1.807) is 6.07 Å². The molecule has 0 aliphatic heterocycles. The van der Waals surface area contributed by atoms with E-state index in [-0.39, 0.29) is 17.3 Å². The number of nitrogens with two attached hydrogens (primary N) is 1. The van der Waals surface area contributed by atoms with Gasteiger partial charge in [0.2, 0.25) is 5.91 Å². The number of carbonyl (C=O) groups is 1. The van der Waals surface area contributed by atoms with Crippen molar-refractivity contribution in [2.75, 3.05) is 43.8 Å². The average Bonchev–Trinajstić information content (AvgIpc) is 2.55. The van der Waals surface area contributed by atoms with Gasteiger partial charge in [-0.2, -0.15) is 0 Å². The summed E-state index contributed by atoms with van der Waals surface area (Å²) < 4.78 is 0. The molecule has 1 rings (SSSR count). The zero-order valence-electron chi connectivity index (χ0n) is 14.4. The number of nitro benzene ring substituents is 1. The maximum Gasteiger partial charge on any atom is 0.294 e. The van der Waals surface area contributed by atoms with Crippen LogP contribution in [0.3, 0.4) is 0 Å². The first-order valence-electron chi connectivity index (χ1n) is 8.24. The quantitative estimate of drug-likeness (QED) is 0.246. The van der Waals surface area contributed by atoms with Gasteiger partial charge in [0.25, 0.3) is 5.69 Å². The number of carbonyl (C=O) groups excluding carboxylic acids is 1. The lowest BCUT2D eigenvalue weighted by molar-refractivity contribution is -0.383. The van der Waals surface area contributed by atoms with Gasteiger partial charge in [0, 0.05) is 24.7 Å². The minimum absolute atomic E-state index is 0.0767. The van der Waals surface area contributed by atoms with Crippen molar-refractivity contribution in [3.8, 4) is 0 Å². The molecule has 134 valence electrons. The molecule has 4 N–H and O–H groups in total. The van der Waals surface area contributed by atoms with Crippen LogP contribution in [0.1, 0.15) is 26.7 Å². The third kappa shape index (κ3) is 6.93. The van der Waals surface area contributed by atoms with Crippen LogP contribution in [0.15, 0.2) is 18.2 Å². The van der Waals surface area contributed by atoms with E-state index < -0.39 is 4.92 Å². The van der Waals surface area contributed by atoms with Crippen molar-refractivity contribution in [1.82, 2.24) is 10.2 Å². The molecular weight excluding hydrogens is 310 g/mol. The average molecular weight is 337 g/mol. The summed E-state index contributed by atoms with van der Waals surface area (Å²) in [6.45, 7) is 8.85. The van der Waals surface area contributed by atoms with Gasteiger partial charge >= 0.3 is 0 Å². The zero-order valence-corrected chi connectivity index (χ0v) is 14.4. The number of nitro groups is 1. The fourth-order valence-electron chi connectivity index (χ4n) is 2.30. The molecule has 1 aromatic carbocycles. The minimum Gasteiger partial charge on any atom is -0.393 e. The summed E-state index contributed by atoms with van der Waals surface area (Å²) in [6, 6.07) is 4.24. The number of benzene rings is 1. The van der Waals surface area contributed by atoms with E-state index >= 15 is 0 Å². The molecule has 8 nitrogen and oxygen atoms in total. The van der Waals surface area contributed by atoms with Crippen LogP contribution in [0.2, 0.25) is 0 Å². The van der Waals surface area contributed by atoms with Gasteiger partial charge < -0.3 is 21.3 Å². The molecule has 0 unspecified atom stereocenters. The van der Waals surface area contributed by atoms with E-state index in [0.29, 0.717) is 18.7 Å². The highest BCUT2D eigenvalue weighted by atomic mass is 16.6. The van der Waals surface area contributed by atoms with Crippen LogP contribution in [-0.4, -0.2) is 48.5 Å². The highest BCUT2D eigenvalue weighted by Crippen LogP contribution is 2.24. The number of amides is 1. The number of nitrogen functional groups attached to an aromatic ring is 1. The fraction of sp³-hybridized carbons (Fsp3) is 0.562. The first-order valence-corrected chi connectivity index (χ1v) is 8.24. The van der Waals surface area contributed by atoms with Crippen molar-refractivity contribution < 1.29 is 9.72 Å². The van der Waals surface area contributed by atoms with Gasteiger partial charge in [0.1, 0.15) is 5.69 Å². The van der Waals surface area contributed by atoms with Crippen molar-refractivity contribution >= 4 is 23.0 Å². The van der Waals surface area contributed by atoms with E-state index in [4.69, 9.17) is 5.73 Å². The first-order chi connectivity index (χ1) is 11.5. The predicted molar refractivity (Wildman–Crippen MR) is 96.0 cm³/mol. The van der Waals surface area contributed by atoms with Gasteiger partial charge in [-0.3, -0.25) is 14.9 Å². The lowest BCUT2D eigenvalue weighted by Gasteiger charge is -2.17. The second-order valence-corrected chi connectivity index (χ2v) is 5.46. The predicted octanol–water partition coefficient (Wildman–Crippen LogP) is 1.83. The van der Waals surface area contributed by atoms with Crippen molar-refractivity contribution in [2.45, 2.75) is 26.7 Å². The third-order valence-corrected chi connectivity index (χ3v) is 3.76. The fourth-order valence-corrected chi connectivity index (χ4v) is 2.30. The Morgan fingerprint density at radius 2 is 2.00 bits per heavy atom. The normalized spacial score (nSPS) is 10.8. The van der Waals surface area contributed by atoms with Crippen LogP contribution in [0.25, 0.3) is 0 Å². The molecule has 0 fully saturated rings. The van der Waals surface area contributed by atoms with Crippen LogP contribution in [0.5, 0.6) is 0 Å². The minimum atomic E-state index is -0.567. The van der Waals surface area contributed by atoms with Crippen LogP contribution in [0, 0.1) is 10.1 Å². The molecule has 0 heterocycles. The second-order valence-electron chi connectivity index (χ2n) is 5.46. The molecule has 8 heteroatoms. The highest BCUT2D eigenvalue weighted by molar-refractivity contribution is 5.91. The Hall–Kier alpha value is -2.19. The standard InChI is InChI=1S/C16H27N5O3/c1-3-20(4-2)11-5-9-18-10-8-16(22)19-13-6-7-14(17)15(12-13)21(23)24/h6-7,12,18H,3-5,8-11,17H2,1-2H3,(H,19,22). The highest BCUT2D eigenvalue weighted by Gasteiger charge is 2.13. The van der Waals surface area contributed by atoms with E-state index in [0.717, 1.165) is 32.6 Å². The molecule has 0 radical (unpaired) electrons. The summed E-state index contributed by atoms with van der Waals surface area (Å²) >= 11 is 0. The van der Waals surface area contributed by atoms with E-state index in [2.05, 4.69) is 29.4 Å². The molecule has 0 aliphatic carbocycles. The van der Waals surface area contributed by atoms with Gasteiger partial charge in [-0.05, 0) is 44.7 Å². The van der Waals surface area contributed by atoms with Crippen LogP contribution in [0.4, 0.5) is 17.1 Å². The number of nitrogens with one attached hydrogen (secondary N) is 2. The summed E-state index contributed by atoms with van der Waals surface area (Å²) in [6.07, 6.45) is 1.34. The lowest BCUT2D eigenvalue weighted by Crippen LogP contribution is -2.28. The molecular formula is C16H27N5O3. The number of hydrogen-bond acceptors (Lipinski definition) is 6.